The fourth-order valence-electron chi connectivity index (χ4n) is 3.83. The van der Waals surface area contributed by atoms with Gasteiger partial charge in [-0.15, -0.1) is 17.9 Å². The number of aryl methyl sites for hydroxylation is 2. The molecule has 0 radical (unpaired) electrons. The van der Waals surface area contributed by atoms with Gasteiger partial charge in [-0.2, -0.15) is 0 Å². The average Bonchev–Trinajstić information content (AvgIpc) is 2.92. The molecule has 4 rings (SSSR count). The van der Waals surface area contributed by atoms with Gasteiger partial charge < -0.3 is 0 Å². The second-order valence-corrected chi connectivity index (χ2v) is 9.73. The molecule has 0 saturated heterocycles. The van der Waals surface area contributed by atoms with Gasteiger partial charge in [-0.3, -0.25) is 14.2 Å². The Balaban J connectivity index is 1.75. The predicted molar refractivity (Wildman–Crippen MR) is 121 cm³/mol. The molecule has 0 spiro atoms. The van der Waals surface area contributed by atoms with Crippen LogP contribution in [0.4, 0.5) is 0 Å². The molecular formula is C23H24N2O2S2. The van der Waals surface area contributed by atoms with Crippen molar-refractivity contribution >= 4 is 39.1 Å². The van der Waals surface area contributed by atoms with E-state index in [2.05, 4.69) is 6.58 Å². The highest BCUT2D eigenvalue weighted by molar-refractivity contribution is 8.00. The first kappa shape index (κ1) is 20.1. The van der Waals surface area contributed by atoms with E-state index >= 15 is 0 Å². The minimum Gasteiger partial charge on any atom is -0.293 e. The zero-order chi connectivity index (χ0) is 20.4. The summed E-state index contributed by atoms with van der Waals surface area (Å²) in [5, 5.41) is 1.03. The maximum atomic E-state index is 13.4. The second kappa shape index (κ2) is 8.67. The maximum Gasteiger partial charge on any atom is 0.263 e. The van der Waals surface area contributed by atoms with Crippen LogP contribution in [-0.4, -0.2) is 20.6 Å². The molecule has 0 saturated carbocycles. The highest BCUT2D eigenvalue weighted by Crippen LogP contribution is 2.34. The lowest BCUT2D eigenvalue weighted by Crippen LogP contribution is -2.24. The van der Waals surface area contributed by atoms with Crippen molar-refractivity contribution in [1.29, 1.82) is 0 Å². The Bertz CT molecular complexity index is 1120. The summed E-state index contributed by atoms with van der Waals surface area (Å²) >= 11 is 3.00. The van der Waals surface area contributed by atoms with Crippen LogP contribution in [0.25, 0.3) is 10.2 Å². The van der Waals surface area contributed by atoms with Gasteiger partial charge in [-0.05, 0) is 38.2 Å². The molecule has 0 N–H and O–H groups in total. The van der Waals surface area contributed by atoms with E-state index in [1.54, 1.807) is 22.0 Å². The molecule has 29 heavy (non-hydrogen) atoms. The lowest BCUT2D eigenvalue weighted by Gasteiger charge is -2.14. The number of rotatable bonds is 6. The SMILES string of the molecule is C=CCn1c(SC(C)C(=O)c2ccccc2)nc2sc3c(c2c1=O)CCCCC3. The molecular weight excluding hydrogens is 400 g/mol. The Labute approximate surface area is 178 Å². The molecule has 0 bridgehead atoms. The van der Waals surface area contributed by atoms with Crippen LogP contribution in [0.1, 0.15) is 47.0 Å². The number of thioether (sulfide) groups is 1. The Morgan fingerprint density at radius 3 is 2.79 bits per heavy atom. The summed E-state index contributed by atoms with van der Waals surface area (Å²) in [4.78, 5) is 33.2. The number of carbonyl (C=O) groups is 1. The van der Waals surface area contributed by atoms with Crippen molar-refractivity contribution in [2.24, 2.45) is 0 Å². The van der Waals surface area contributed by atoms with Crippen LogP contribution in [0, 0.1) is 0 Å². The van der Waals surface area contributed by atoms with Gasteiger partial charge in [0.1, 0.15) is 4.83 Å². The Morgan fingerprint density at radius 1 is 1.28 bits per heavy atom. The zero-order valence-corrected chi connectivity index (χ0v) is 18.2. The summed E-state index contributed by atoms with van der Waals surface area (Å²) in [6, 6.07) is 9.27. The molecule has 0 amide bonds. The minimum atomic E-state index is -0.337. The Hall–Kier alpha value is -2.18. The molecule has 0 fully saturated rings. The molecule has 1 aliphatic rings. The average molecular weight is 425 g/mol. The summed E-state index contributed by atoms with van der Waals surface area (Å²) in [5.74, 6) is 0.0389. The molecule has 1 unspecified atom stereocenters. The summed E-state index contributed by atoms with van der Waals surface area (Å²) in [7, 11) is 0. The monoisotopic (exact) mass is 424 g/mol. The van der Waals surface area contributed by atoms with Crippen LogP contribution in [0.2, 0.25) is 0 Å². The fraction of sp³-hybridized carbons (Fsp3) is 0.348. The van der Waals surface area contributed by atoms with Crippen LogP contribution in [0.15, 0.2) is 52.9 Å². The quantitative estimate of drug-likeness (QED) is 0.178. The molecule has 3 aromatic rings. The van der Waals surface area contributed by atoms with Gasteiger partial charge in [0.25, 0.3) is 5.56 Å². The van der Waals surface area contributed by atoms with E-state index in [0.29, 0.717) is 17.3 Å². The number of hydrogen-bond donors (Lipinski definition) is 0. The third-order valence-electron chi connectivity index (χ3n) is 5.31. The maximum absolute atomic E-state index is 13.4. The first-order valence-electron chi connectivity index (χ1n) is 10.0. The van der Waals surface area contributed by atoms with Gasteiger partial charge in [0, 0.05) is 17.0 Å². The molecule has 1 aromatic carbocycles. The Morgan fingerprint density at radius 2 is 2.03 bits per heavy atom. The predicted octanol–water partition coefficient (Wildman–Crippen LogP) is 5.28. The third kappa shape index (κ3) is 3.96. The van der Waals surface area contributed by atoms with Crippen molar-refractivity contribution in [2.75, 3.05) is 0 Å². The lowest BCUT2D eigenvalue weighted by atomic mass is 10.1. The normalized spacial score (nSPS) is 14.9. The summed E-state index contributed by atoms with van der Waals surface area (Å²) in [6.07, 6.45) is 7.21. The molecule has 6 heteroatoms. The number of hydrogen-bond acceptors (Lipinski definition) is 5. The molecule has 4 nitrogen and oxygen atoms in total. The van der Waals surface area contributed by atoms with Crippen molar-refractivity contribution in [3.05, 3.63) is 69.3 Å². The number of fused-ring (bicyclic) bond motifs is 3. The molecule has 2 aromatic heterocycles. The molecule has 150 valence electrons. The summed E-state index contributed by atoms with van der Waals surface area (Å²) in [6.45, 7) is 6.07. The minimum absolute atomic E-state index is 0.00356. The van der Waals surface area contributed by atoms with Crippen LogP contribution in [0.5, 0.6) is 0 Å². The highest BCUT2D eigenvalue weighted by Gasteiger charge is 2.24. The van der Waals surface area contributed by atoms with Gasteiger partial charge in [0.05, 0.1) is 10.6 Å². The number of Topliss-reactive ketones (excluding diaryl/α,β-unsaturated/α-hetero) is 1. The molecule has 0 aliphatic heterocycles. The van der Waals surface area contributed by atoms with E-state index in [-0.39, 0.29) is 16.6 Å². The molecule has 1 aliphatic carbocycles. The van der Waals surface area contributed by atoms with E-state index in [9.17, 15) is 9.59 Å². The van der Waals surface area contributed by atoms with Crippen molar-refractivity contribution in [1.82, 2.24) is 9.55 Å². The number of thiophene rings is 1. The van der Waals surface area contributed by atoms with Crippen LogP contribution in [-0.2, 0) is 19.4 Å². The second-order valence-electron chi connectivity index (χ2n) is 7.33. The number of nitrogens with zero attached hydrogens (tertiary/aromatic N) is 2. The molecule has 2 heterocycles. The third-order valence-corrected chi connectivity index (χ3v) is 7.59. The lowest BCUT2D eigenvalue weighted by molar-refractivity contribution is 0.0994. The first-order valence-corrected chi connectivity index (χ1v) is 11.7. The van der Waals surface area contributed by atoms with E-state index in [4.69, 9.17) is 4.98 Å². The van der Waals surface area contributed by atoms with Gasteiger partial charge in [-0.1, -0.05) is 54.6 Å². The van der Waals surface area contributed by atoms with Gasteiger partial charge in [-0.25, -0.2) is 4.98 Å². The Kier molecular flexibility index (Phi) is 6.01. The van der Waals surface area contributed by atoms with Crippen LogP contribution in [0.3, 0.4) is 0 Å². The number of aromatic nitrogens is 2. The summed E-state index contributed by atoms with van der Waals surface area (Å²) < 4.78 is 1.67. The van der Waals surface area contributed by atoms with E-state index in [0.717, 1.165) is 29.5 Å². The standard InChI is InChI=1S/C23H24N2O2S2/c1-3-14-25-22(27)19-17-12-8-5-9-13-18(17)29-21(19)24-23(25)28-15(2)20(26)16-10-6-4-7-11-16/h3-4,6-7,10-11,15H,1,5,8-9,12-14H2,2H3. The van der Waals surface area contributed by atoms with Crippen molar-refractivity contribution in [3.8, 4) is 0 Å². The number of carbonyl (C=O) groups excluding carboxylic acids is 1. The van der Waals surface area contributed by atoms with E-state index in [1.807, 2.05) is 37.3 Å². The number of allylic oxidation sites excluding steroid dienone is 1. The highest BCUT2D eigenvalue weighted by atomic mass is 32.2. The van der Waals surface area contributed by atoms with Crippen LogP contribution < -0.4 is 5.56 Å². The van der Waals surface area contributed by atoms with Crippen molar-refractivity contribution in [3.63, 3.8) is 0 Å². The zero-order valence-electron chi connectivity index (χ0n) is 16.5. The first-order chi connectivity index (χ1) is 14.1. The largest absolute Gasteiger partial charge is 0.293 e. The fourth-order valence-corrected chi connectivity index (χ4v) is 6.12. The van der Waals surface area contributed by atoms with E-state index in [1.165, 1.54) is 35.0 Å². The molecule has 1 atom stereocenters. The van der Waals surface area contributed by atoms with Gasteiger partial charge >= 0.3 is 0 Å². The van der Waals surface area contributed by atoms with Gasteiger partial charge in [0.2, 0.25) is 0 Å². The topological polar surface area (TPSA) is 52.0 Å². The van der Waals surface area contributed by atoms with Gasteiger partial charge in [0.15, 0.2) is 10.9 Å². The van der Waals surface area contributed by atoms with Crippen LogP contribution >= 0.6 is 23.1 Å². The van der Waals surface area contributed by atoms with E-state index < -0.39 is 0 Å². The van der Waals surface area contributed by atoms with Crippen molar-refractivity contribution in [2.45, 2.75) is 56.0 Å². The number of ketones is 1. The number of benzene rings is 1. The smallest absolute Gasteiger partial charge is 0.263 e. The van der Waals surface area contributed by atoms with Crippen molar-refractivity contribution < 1.29 is 4.79 Å². The summed E-state index contributed by atoms with van der Waals surface area (Å²) in [5.41, 5.74) is 1.87.